The lowest BCUT2D eigenvalue weighted by molar-refractivity contribution is -0.133. The highest BCUT2D eigenvalue weighted by atomic mass is 35.5. The molecule has 1 amide bonds. The Hall–Kier alpha value is -1.06. The van der Waals surface area contributed by atoms with Crippen LogP contribution in [0.5, 0.6) is 0 Å². The molecule has 1 saturated heterocycles. The molecule has 2 rings (SSSR count). The van der Waals surface area contributed by atoms with E-state index in [1.54, 1.807) is 0 Å². The molecule has 1 aromatic carbocycles. The van der Waals surface area contributed by atoms with Crippen LogP contribution >= 0.6 is 11.6 Å². The minimum atomic E-state index is -0.0638. The van der Waals surface area contributed by atoms with Crippen molar-refractivity contribution in [2.24, 2.45) is 11.7 Å². The average Bonchev–Trinajstić information content (AvgIpc) is 2.49. The van der Waals surface area contributed by atoms with Crippen LogP contribution in [0.3, 0.4) is 0 Å². The average molecular weight is 295 g/mol. The molecule has 2 N–H and O–H groups in total. The van der Waals surface area contributed by atoms with Gasteiger partial charge in [-0.3, -0.25) is 4.79 Å². The van der Waals surface area contributed by atoms with Crippen molar-refractivity contribution in [1.82, 2.24) is 4.90 Å². The number of hydrogen-bond acceptors (Lipinski definition) is 2. The molecular formula is C16H23ClN2O. The third-order valence-electron chi connectivity index (χ3n) is 3.74. The number of amides is 1. The van der Waals surface area contributed by atoms with Gasteiger partial charge < -0.3 is 10.6 Å². The van der Waals surface area contributed by atoms with Gasteiger partial charge in [0, 0.05) is 24.0 Å². The third-order valence-corrected chi connectivity index (χ3v) is 3.98. The molecule has 4 heteroatoms. The second-order valence-electron chi connectivity index (χ2n) is 6.00. The van der Waals surface area contributed by atoms with Gasteiger partial charge >= 0.3 is 0 Å². The standard InChI is InChI=1S/C16H23ClN2O/c1-11(2)10-19-15(20)8-4-7-14(18)16(19)12-5-3-6-13(17)9-12/h3,5-6,9,11,14,16H,4,7-8,10,18H2,1-2H3. The first-order valence-corrected chi connectivity index (χ1v) is 7.67. The SMILES string of the molecule is CC(C)CN1C(=O)CCCC(N)C1c1cccc(Cl)c1. The summed E-state index contributed by atoms with van der Waals surface area (Å²) in [6.07, 6.45) is 2.33. The lowest BCUT2D eigenvalue weighted by atomic mass is 9.95. The van der Waals surface area contributed by atoms with Crippen LogP contribution in [0.1, 0.15) is 44.7 Å². The number of rotatable bonds is 3. The van der Waals surface area contributed by atoms with E-state index in [1.165, 1.54) is 0 Å². The second-order valence-corrected chi connectivity index (χ2v) is 6.43. The smallest absolute Gasteiger partial charge is 0.223 e. The summed E-state index contributed by atoms with van der Waals surface area (Å²) in [6, 6.07) is 7.62. The van der Waals surface area contributed by atoms with E-state index in [2.05, 4.69) is 13.8 Å². The molecule has 1 heterocycles. The van der Waals surface area contributed by atoms with Crippen molar-refractivity contribution in [1.29, 1.82) is 0 Å². The summed E-state index contributed by atoms with van der Waals surface area (Å²) in [5.41, 5.74) is 7.39. The number of benzene rings is 1. The summed E-state index contributed by atoms with van der Waals surface area (Å²) in [6.45, 7) is 4.99. The van der Waals surface area contributed by atoms with Crippen LogP contribution < -0.4 is 5.73 Å². The van der Waals surface area contributed by atoms with E-state index in [0.717, 1.165) is 24.9 Å². The molecule has 1 aliphatic heterocycles. The Morgan fingerprint density at radius 3 is 2.85 bits per heavy atom. The van der Waals surface area contributed by atoms with Crippen LogP contribution in [-0.2, 0) is 4.79 Å². The van der Waals surface area contributed by atoms with Gasteiger partial charge in [0.2, 0.25) is 5.91 Å². The molecule has 0 aliphatic carbocycles. The van der Waals surface area contributed by atoms with Crippen LogP contribution in [0, 0.1) is 5.92 Å². The predicted molar refractivity (Wildman–Crippen MR) is 82.6 cm³/mol. The predicted octanol–water partition coefficient (Wildman–Crippen LogP) is 3.38. The molecule has 0 bridgehead atoms. The van der Waals surface area contributed by atoms with Crippen LogP contribution in [0.4, 0.5) is 0 Å². The number of nitrogens with zero attached hydrogens (tertiary/aromatic N) is 1. The van der Waals surface area contributed by atoms with E-state index in [1.807, 2.05) is 29.2 Å². The first-order chi connectivity index (χ1) is 9.49. The minimum Gasteiger partial charge on any atom is -0.334 e. The van der Waals surface area contributed by atoms with Crippen molar-refractivity contribution in [3.63, 3.8) is 0 Å². The maximum Gasteiger partial charge on any atom is 0.223 e. The third kappa shape index (κ3) is 3.53. The molecule has 0 spiro atoms. The number of carbonyl (C=O) groups is 1. The lowest BCUT2D eigenvalue weighted by Gasteiger charge is -2.35. The molecule has 1 fully saturated rings. The van der Waals surface area contributed by atoms with Gasteiger partial charge in [0.1, 0.15) is 0 Å². The number of likely N-dealkylation sites (tertiary alicyclic amines) is 1. The summed E-state index contributed by atoms with van der Waals surface area (Å²) in [5.74, 6) is 0.627. The Balaban J connectivity index is 2.38. The Labute approximate surface area is 126 Å². The summed E-state index contributed by atoms with van der Waals surface area (Å²) < 4.78 is 0. The van der Waals surface area contributed by atoms with Gasteiger partial charge in [0.15, 0.2) is 0 Å². The van der Waals surface area contributed by atoms with Gasteiger partial charge in [0.05, 0.1) is 6.04 Å². The largest absolute Gasteiger partial charge is 0.334 e. The number of nitrogens with two attached hydrogens (primary N) is 1. The van der Waals surface area contributed by atoms with Crippen molar-refractivity contribution in [2.45, 2.75) is 45.2 Å². The number of halogens is 1. The Morgan fingerprint density at radius 2 is 2.20 bits per heavy atom. The van der Waals surface area contributed by atoms with Gasteiger partial charge in [-0.2, -0.15) is 0 Å². The Morgan fingerprint density at radius 1 is 1.45 bits per heavy atom. The normalized spacial score (nSPS) is 24.1. The van der Waals surface area contributed by atoms with Crippen LogP contribution in [0.25, 0.3) is 0 Å². The van der Waals surface area contributed by atoms with Gasteiger partial charge in [-0.1, -0.05) is 37.6 Å². The van der Waals surface area contributed by atoms with Crippen molar-refractivity contribution in [3.05, 3.63) is 34.9 Å². The molecule has 1 aromatic rings. The molecule has 0 radical (unpaired) electrons. The molecular weight excluding hydrogens is 272 g/mol. The summed E-state index contributed by atoms with van der Waals surface area (Å²) in [7, 11) is 0. The van der Waals surface area contributed by atoms with Crippen molar-refractivity contribution in [3.8, 4) is 0 Å². The number of hydrogen-bond donors (Lipinski definition) is 1. The van der Waals surface area contributed by atoms with Gasteiger partial charge in [-0.25, -0.2) is 0 Å². The van der Waals surface area contributed by atoms with Gasteiger partial charge in [-0.15, -0.1) is 0 Å². The highest BCUT2D eigenvalue weighted by molar-refractivity contribution is 6.30. The molecule has 0 saturated carbocycles. The number of carbonyl (C=O) groups excluding carboxylic acids is 1. The molecule has 3 nitrogen and oxygen atoms in total. The first-order valence-electron chi connectivity index (χ1n) is 7.29. The van der Waals surface area contributed by atoms with E-state index >= 15 is 0 Å². The fourth-order valence-corrected chi connectivity index (χ4v) is 3.10. The van der Waals surface area contributed by atoms with E-state index in [-0.39, 0.29) is 18.0 Å². The fourth-order valence-electron chi connectivity index (χ4n) is 2.90. The molecule has 20 heavy (non-hydrogen) atoms. The zero-order valence-electron chi connectivity index (χ0n) is 12.2. The molecule has 1 aliphatic rings. The quantitative estimate of drug-likeness (QED) is 0.929. The summed E-state index contributed by atoms with van der Waals surface area (Å²) in [5, 5.41) is 0.691. The van der Waals surface area contributed by atoms with Crippen molar-refractivity contribution in [2.75, 3.05) is 6.54 Å². The monoisotopic (exact) mass is 294 g/mol. The van der Waals surface area contributed by atoms with Gasteiger partial charge in [-0.05, 0) is 36.5 Å². The van der Waals surface area contributed by atoms with E-state index in [9.17, 15) is 4.79 Å². The molecule has 110 valence electrons. The highest BCUT2D eigenvalue weighted by Gasteiger charge is 2.33. The van der Waals surface area contributed by atoms with E-state index in [0.29, 0.717) is 17.4 Å². The molecule has 0 aromatic heterocycles. The lowest BCUT2D eigenvalue weighted by Crippen LogP contribution is -2.43. The second kappa shape index (κ2) is 6.59. The highest BCUT2D eigenvalue weighted by Crippen LogP contribution is 2.31. The van der Waals surface area contributed by atoms with Crippen molar-refractivity contribution >= 4 is 17.5 Å². The first kappa shape index (κ1) is 15.3. The van der Waals surface area contributed by atoms with Crippen molar-refractivity contribution < 1.29 is 4.79 Å². The van der Waals surface area contributed by atoms with E-state index < -0.39 is 0 Å². The van der Waals surface area contributed by atoms with Crippen LogP contribution in [-0.4, -0.2) is 23.4 Å². The minimum absolute atomic E-state index is 0.0290. The zero-order chi connectivity index (χ0) is 14.7. The van der Waals surface area contributed by atoms with E-state index in [4.69, 9.17) is 17.3 Å². The molecule has 2 unspecified atom stereocenters. The maximum atomic E-state index is 12.4. The topological polar surface area (TPSA) is 46.3 Å². The Bertz CT molecular complexity index is 475. The zero-order valence-corrected chi connectivity index (χ0v) is 12.9. The maximum absolute atomic E-state index is 12.4. The Kier molecular flexibility index (Phi) is 5.06. The summed E-state index contributed by atoms with van der Waals surface area (Å²) in [4.78, 5) is 14.4. The summed E-state index contributed by atoms with van der Waals surface area (Å²) >= 11 is 6.10. The van der Waals surface area contributed by atoms with Gasteiger partial charge in [0.25, 0.3) is 0 Å². The van der Waals surface area contributed by atoms with Crippen LogP contribution in [0.2, 0.25) is 5.02 Å². The fraction of sp³-hybridized carbons (Fsp3) is 0.562. The van der Waals surface area contributed by atoms with Crippen LogP contribution in [0.15, 0.2) is 24.3 Å². The molecule has 2 atom stereocenters.